The molecule has 0 amide bonds. The van der Waals surface area contributed by atoms with Crippen LogP contribution in [0, 0.1) is 0 Å². The maximum atomic E-state index is 11.7. The quantitative estimate of drug-likeness (QED) is 0.344. The van der Waals surface area contributed by atoms with Crippen LogP contribution < -0.4 is 10.2 Å². The number of aliphatic carboxylic acids is 1. The molecule has 6 rings (SSSR count). The molecular weight excluding hydrogens is 514 g/mol. The van der Waals surface area contributed by atoms with E-state index in [0.717, 1.165) is 47.7 Å². The molecule has 200 valence electrons. The average Bonchev–Trinajstić information content (AvgIpc) is 3.45. The molecule has 0 spiro atoms. The van der Waals surface area contributed by atoms with Crippen molar-refractivity contribution in [3.63, 3.8) is 0 Å². The van der Waals surface area contributed by atoms with Crippen LogP contribution in [0.2, 0.25) is 5.02 Å². The Bertz CT molecular complexity index is 1590. The fourth-order valence-electron chi connectivity index (χ4n) is 5.84. The Hall–Kier alpha value is -3.95. The number of nitrogens with one attached hydrogen (secondary N) is 1. The summed E-state index contributed by atoms with van der Waals surface area (Å²) in [6, 6.07) is 14.3. The Morgan fingerprint density at radius 2 is 2.00 bits per heavy atom. The second-order valence-electron chi connectivity index (χ2n) is 10.7. The molecule has 39 heavy (non-hydrogen) atoms. The fourth-order valence-corrected chi connectivity index (χ4v) is 6.04. The van der Waals surface area contributed by atoms with E-state index in [2.05, 4.69) is 39.5 Å². The molecule has 0 radical (unpaired) electrons. The van der Waals surface area contributed by atoms with E-state index in [4.69, 9.17) is 16.6 Å². The van der Waals surface area contributed by atoms with Crippen LogP contribution in [0.5, 0.6) is 0 Å². The molecular formula is C29H30ClN7O2. The predicted molar refractivity (Wildman–Crippen MR) is 152 cm³/mol. The minimum absolute atomic E-state index is 0.00591. The van der Waals surface area contributed by atoms with E-state index in [-0.39, 0.29) is 6.42 Å². The molecule has 0 saturated heterocycles. The molecule has 0 aliphatic carbocycles. The number of aryl methyl sites for hydroxylation is 1. The zero-order valence-electron chi connectivity index (χ0n) is 22.1. The number of nitrogens with zero attached hydrogens (tertiary/aromatic N) is 6. The lowest BCUT2D eigenvalue weighted by Gasteiger charge is -2.27. The number of rotatable bonds is 6. The topological polar surface area (TPSA) is 99.4 Å². The van der Waals surface area contributed by atoms with Crippen LogP contribution in [-0.4, -0.2) is 55.9 Å². The zero-order chi connectivity index (χ0) is 27.3. The van der Waals surface area contributed by atoms with Gasteiger partial charge in [0.15, 0.2) is 5.82 Å². The molecule has 0 bridgehead atoms. The number of carbonyl (C=O) groups is 1. The summed E-state index contributed by atoms with van der Waals surface area (Å²) in [6.45, 7) is 4.31. The summed E-state index contributed by atoms with van der Waals surface area (Å²) in [5, 5.41) is 17.9. The number of para-hydroxylation sites is 1. The van der Waals surface area contributed by atoms with Gasteiger partial charge in [-0.2, -0.15) is 10.1 Å². The van der Waals surface area contributed by atoms with E-state index >= 15 is 0 Å². The molecule has 2 aromatic heterocycles. The largest absolute Gasteiger partial charge is 0.481 e. The number of halogens is 1. The maximum absolute atomic E-state index is 11.7. The van der Waals surface area contributed by atoms with Gasteiger partial charge in [0.1, 0.15) is 5.02 Å². The van der Waals surface area contributed by atoms with Gasteiger partial charge in [-0.3, -0.25) is 9.48 Å². The van der Waals surface area contributed by atoms with Crippen LogP contribution in [0.3, 0.4) is 0 Å². The maximum Gasteiger partial charge on any atom is 0.304 e. The first-order chi connectivity index (χ1) is 18.7. The third-order valence-electron chi connectivity index (χ3n) is 7.76. The van der Waals surface area contributed by atoms with Gasteiger partial charge in [-0.15, -0.1) is 0 Å². The number of benzene rings is 2. The first kappa shape index (κ1) is 25.3. The van der Waals surface area contributed by atoms with Crippen molar-refractivity contribution in [2.24, 2.45) is 7.05 Å². The standard InChI is InChI=1S/C29H30ClN7O2/c1-29(14-26(38)39)17-37(25-7-5-4-6-21(25)29)27-22(30)15-31-28(34-27)33-23-13-19-16-35(2)11-9-18(19)12-20(23)24-8-10-32-36(24)3/h4-8,10,12-13,15H,9,11,14,16-17H2,1-3H3,(H,38,39)(H,31,33,34). The summed E-state index contributed by atoms with van der Waals surface area (Å²) >= 11 is 6.66. The van der Waals surface area contributed by atoms with Crippen LogP contribution >= 0.6 is 11.6 Å². The molecule has 10 heteroatoms. The van der Waals surface area contributed by atoms with Gasteiger partial charge in [-0.05, 0) is 54.4 Å². The second kappa shape index (κ2) is 9.66. The number of hydrogen-bond acceptors (Lipinski definition) is 7. The van der Waals surface area contributed by atoms with Crippen LogP contribution in [-0.2, 0) is 30.2 Å². The highest BCUT2D eigenvalue weighted by molar-refractivity contribution is 6.33. The third-order valence-corrected chi connectivity index (χ3v) is 8.03. The molecule has 4 aromatic rings. The summed E-state index contributed by atoms with van der Waals surface area (Å²) in [6.07, 6.45) is 4.38. The Morgan fingerprint density at radius 1 is 1.18 bits per heavy atom. The van der Waals surface area contributed by atoms with Crippen molar-refractivity contribution < 1.29 is 9.90 Å². The van der Waals surface area contributed by atoms with Crippen LogP contribution in [0.25, 0.3) is 11.3 Å². The number of hydrogen-bond donors (Lipinski definition) is 2. The summed E-state index contributed by atoms with van der Waals surface area (Å²) < 4.78 is 1.86. The smallest absolute Gasteiger partial charge is 0.304 e. The summed E-state index contributed by atoms with van der Waals surface area (Å²) in [5.41, 5.74) is 6.79. The molecule has 2 N–H and O–H groups in total. The van der Waals surface area contributed by atoms with Crippen molar-refractivity contribution in [3.05, 3.63) is 76.6 Å². The minimum atomic E-state index is -0.842. The van der Waals surface area contributed by atoms with Crippen LogP contribution in [0.1, 0.15) is 30.0 Å². The van der Waals surface area contributed by atoms with E-state index in [1.165, 1.54) is 11.1 Å². The molecule has 1 atom stereocenters. The predicted octanol–water partition coefficient (Wildman–Crippen LogP) is 5.15. The average molecular weight is 544 g/mol. The molecule has 4 heterocycles. The van der Waals surface area contributed by atoms with Gasteiger partial charge in [-0.25, -0.2) is 4.98 Å². The lowest BCUT2D eigenvalue weighted by Crippen LogP contribution is -2.31. The molecule has 2 aliphatic rings. The van der Waals surface area contributed by atoms with Gasteiger partial charge in [0.2, 0.25) is 5.95 Å². The molecule has 1 unspecified atom stereocenters. The van der Waals surface area contributed by atoms with Crippen molar-refractivity contribution in [1.29, 1.82) is 0 Å². The van der Waals surface area contributed by atoms with E-state index in [1.807, 2.05) is 53.9 Å². The van der Waals surface area contributed by atoms with Crippen molar-refractivity contribution in [1.82, 2.24) is 24.6 Å². The van der Waals surface area contributed by atoms with E-state index in [0.29, 0.717) is 23.3 Å². The second-order valence-corrected chi connectivity index (χ2v) is 11.1. The molecule has 2 aromatic carbocycles. The van der Waals surface area contributed by atoms with E-state index in [1.54, 1.807) is 12.4 Å². The highest BCUT2D eigenvalue weighted by atomic mass is 35.5. The Morgan fingerprint density at radius 3 is 2.77 bits per heavy atom. The monoisotopic (exact) mass is 543 g/mol. The fraction of sp³-hybridized carbons (Fsp3) is 0.310. The number of carboxylic acid groups (broad SMARTS) is 1. The normalized spacial score (nSPS) is 18.6. The minimum Gasteiger partial charge on any atom is -0.481 e. The highest BCUT2D eigenvalue weighted by Crippen LogP contribution is 2.47. The lowest BCUT2D eigenvalue weighted by molar-refractivity contribution is -0.138. The molecule has 9 nitrogen and oxygen atoms in total. The number of fused-ring (bicyclic) bond motifs is 2. The third kappa shape index (κ3) is 4.62. The van der Waals surface area contributed by atoms with Crippen molar-refractivity contribution in [2.45, 2.75) is 31.7 Å². The number of likely N-dealkylation sites (N-methyl/N-ethyl adjacent to an activating group) is 1. The Kier molecular flexibility index (Phi) is 6.28. The number of carboxylic acids is 1. The van der Waals surface area contributed by atoms with Crippen molar-refractivity contribution in [2.75, 3.05) is 30.4 Å². The van der Waals surface area contributed by atoms with Crippen molar-refractivity contribution >= 4 is 40.7 Å². The van der Waals surface area contributed by atoms with Crippen LogP contribution in [0.15, 0.2) is 54.9 Å². The van der Waals surface area contributed by atoms with Gasteiger partial charge >= 0.3 is 5.97 Å². The van der Waals surface area contributed by atoms with E-state index in [9.17, 15) is 9.90 Å². The Labute approximate surface area is 232 Å². The van der Waals surface area contributed by atoms with Gasteiger partial charge < -0.3 is 20.2 Å². The number of aromatic nitrogens is 4. The summed E-state index contributed by atoms with van der Waals surface area (Å²) in [5.74, 6) is 0.104. The van der Waals surface area contributed by atoms with Crippen molar-refractivity contribution in [3.8, 4) is 11.3 Å². The Balaban J connectivity index is 1.40. The zero-order valence-corrected chi connectivity index (χ0v) is 22.9. The van der Waals surface area contributed by atoms with Crippen LogP contribution in [0.4, 0.5) is 23.1 Å². The first-order valence-corrected chi connectivity index (χ1v) is 13.3. The SMILES string of the molecule is CN1CCc2cc(-c3ccnn3C)c(Nc3ncc(Cl)c(N4CC(C)(CC(=O)O)c5ccccc54)n3)cc2C1. The molecule has 0 saturated carbocycles. The molecule has 0 fully saturated rings. The molecule has 2 aliphatic heterocycles. The van der Waals surface area contributed by atoms with E-state index < -0.39 is 11.4 Å². The van der Waals surface area contributed by atoms with Gasteiger partial charge in [-0.1, -0.05) is 36.7 Å². The first-order valence-electron chi connectivity index (χ1n) is 12.9. The lowest BCUT2D eigenvalue weighted by atomic mass is 9.81. The summed E-state index contributed by atoms with van der Waals surface area (Å²) in [7, 11) is 4.06. The summed E-state index contributed by atoms with van der Waals surface area (Å²) in [4.78, 5) is 25.4. The number of anilines is 4. The van der Waals surface area contributed by atoms with Gasteiger partial charge in [0.05, 0.1) is 24.0 Å². The van der Waals surface area contributed by atoms with Gasteiger partial charge in [0, 0.05) is 49.5 Å². The highest BCUT2D eigenvalue weighted by Gasteiger charge is 2.42. The van der Waals surface area contributed by atoms with Gasteiger partial charge in [0.25, 0.3) is 0 Å².